The Morgan fingerprint density at radius 1 is 1.29 bits per heavy atom. The standard InChI is InChI=1S/C11H14O5S/c1-8-4-6-9(7-5-8)17(14,15)11(2,13)10(12)16-3/h4-7,13H,1-3H3/t11-/m0/s1. The molecule has 1 aromatic carbocycles. The van der Waals surface area contributed by atoms with Crippen molar-refractivity contribution >= 4 is 15.8 Å². The zero-order chi connectivity index (χ0) is 13.3. The van der Waals surface area contributed by atoms with E-state index in [4.69, 9.17) is 0 Å². The molecular formula is C11H14O5S. The number of hydrogen-bond acceptors (Lipinski definition) is 5. The summed E-state index contributed by atoms with van der Waals surface area (Å²) in [5, 5.41) is 9.77. The Bertz CT molecular complexity index is 513. The first-order valence-corrected chi connectivity index (χ1v) is 6.34. The van der Waals surface area contributed by atoms with E-state index in [0.29, 0.717) is 0 Å². The highest BCUT2D eigenvalue weighted by Crippen LogP contribution is 2.24. The molecule has 0 spiro atoms. The van der Waals surface area contributed by atoms with E-state index in [1.165, 1.54) is 12.1 Å². The van der Waals surface area contributed by atoms with Crippen molar-refractivity contribution in [2.45, 2.75) is 23.7 Å². The Balaban J connectivity index is 3.29. The Kier molecular flexibility index (Phi) is 3.59. The monoisotopic (exact) mass is 258 g/mol. The number of carbonyl (C=O) groups is 1. The normalized spacial score (nSPS) is 15.1. The summed E-state index contributed by atoms with van der Waals surface area (Å²) in [6.07, 6.45) is 0. The van der Waals surface area contributed by atoms with Gasteiger partial charge in [-0.15, -0.1) is 0 Å². The van der Waals surface area contributed by atoms with E-state index in [2.05, 4.69) is 4.74 Å². The average Bonchev–Trinajstić information content (AvgIpc) is 2.28. The Hall–Kier alpha value is -1.40. The van der Waals surface area contributed by atoms with Crippen molar-refractivity contribution in [2.75, 3.05) is 7.11 Å². The highest BCUT2D eigenvalue weighted by atomic mass is 32.2. The average molecular weight is 258 g/mol. The fourth-order valence-corrected chi connectivity index (χ4v) is 2.50. The predicted octanol–water partition coefficient (Wildman–Crippen LogP) is 0.650. The molecule has 6 heteroatoms. The van der Waals surface area contributed by atoms with Crippen LogP contribution in [0.5, 0.6) is 0 Å². The lowest BCUT2D eigenvalue weighted by Gasteiger charge is -2.20. The van der Waals surface area contributed by atoms with Crippen LogP contribution in [0, 0.1) is 6.92 Å². The van der Waals surface area contributed by atoms with Crippen LogP contribution in [0.4, 0.5) is 0 Å². The minimum absolute atomic E-state index is 0.126. The summed E-state index contributed by atoms with van der Waals surface area (Å²) in [5.74, 6) is -1.21. The molecule has 1 aromatic rings. The summed E-state index contributed by atoms with van der Waals surface area (Å²) in [6, 6.07) is 5.84. The summed E-state index contributed by atoms with van der Waals surface area (Å²) in [6.45, 7) is 2.70. The second-order valence-corrected chi connectivity index (χ2v) is 6.06. The summed E-state index contributed by atoms with van der Waals surface area (Å²) in [5.41, 5.74) is 0.877. The first kappa shape index (κ1) is 13.7. The number of carbonyl (C=O) groups excluding carboxylic acids is 1. The van der Waals surface area contributed by atoms with Gasteiger partial charge in [-0.2, -0.15) is 0 Å². The van der Waals surface area contributed by atoms with Crippen molar-refractivity contribution in [2.24, 2.45) is 0 Å². The quantitative estimate of drug-likeness (QED) is 0.805. The number of aryl methyl sites for hydroxylation is 1. The number of ether oxygens (including phenoxy) is 1. The van der Waals surface area contributed by atoms with Crippen molar-refractivity contribution < 1.29 is 23.1 Å². The number of sulfone groups is 1. The summed E-state index contributed by atoms with van der Waals surface area (Å²) in [7, 11) is -3.17. The van der Waals surface area contributed by atoms with Gasteiger partial charge in [-0.3, -0.25) is 0 Å². The molecule has 1 atom stereocenters. The van der Waals surface area contributed by atoms with Crippen LogP contribution >= 0.6 is 0 Å². The van der Waals surface area contributed by atoms with Gasteiger partial charge in [-0.05, 0) is 26.0 Å². The second-order valence-electron chi connectivity index (χ2n) is 3.79. The molecule has 0 bridgehead atoms. The maximum atomic E-state index is 12.0. The highest BCUT2D eigenvalue weighted by Gasteiger charge is 2.46. The molecular weight excluding hydrogens is 244 g/mol. The fraction of sp³-hybridized carbons (Fsp3) is 0.364. The van der Waals surface area contributed by atoms with Gasteiger partial charge in [0.25, 0.3) is 4.93 Å². The maximum Gasteiger partial charge on any atom is 0.354 e. The molecule has 0 aliphatic heterocycles. The number of benzene rings is 1. The minimum Gasteiger partial charge on any atom is -0.466 e. The predicted molar refractivity (Wildman–Crippen MR) is 61.0 cm³/mol. The van der Waals surface area contributed by atoms with Crippen LogP contribution in [0.1, 0.15) is 12.5 Å². The van der Waals surface area contributed by atoms with Gasteiger partial charge < -0.3 is 9.84 Å². The molecule has 94 valence electrons. The van der Waals surface area contributed by atoms with Crippen LogP contribution < -0.4 is 0 Å². The topological polar surface area (TPSA) is 80.7 Å². The molecule has 0 fully saturated rings. The molecule has 0 aliphatic carbocycles. The smallest absolute Gasteiger partial charge is 0.354 e. The molecule has 1 rings (SSSR count). The van der Waals surface area contributed by atoms with Gasteiger partial charge in [0.05, 0.1) is 12.0 Å². The first-order valence-electron chi connectivity index (χ1n) is 4.85. The summed E-state index contributed by atoms with van der Waals surface area (Å²) >= 11 is 0. The molecule has 0 aliphatic rings. The van der Waals surface area contributed by atoms with Crippen LogP contribution in [-0.2, 0) is 19.4 Å². The third kappa shape index (κ3) is 2.32. The SMILES string of the molecule is COC(=O)[C@@](C)(O)S(=O)(=O)c1ccc(C)cc1. The second kappa shape index (κ2) is 4.46. The lowest BCUT2D eigenvalue weighted by atomic mass is 10.2. The Labute approximate surface area is 100.0 Å². The zero-order valence-corrected chi connectivity index (χ0v) is 10.6. The molecule has 0 unspecified atom stereocenters. The highest BCUT2D eigenvalue weighted by molar-refractivity contribution is 7.93. The van der Waals surface area contributed by atoms with Crippen molar-refractivity contribution in [1.82, 2.24) is 0 Å². The van der Waals surface area contributed by atoms with Gasteiger partial charge >= 0.3 is 5.97 Å². The van der Waals surface area contributed by atoms with Crippen LogP contribution in [0.15, 0.2) is 29.2 Å². The van der Waals surface area contributed by atoms with Crippen molar-refractivity contribution in [1.29, 1.82) is 0 Å². The van der Waals surface area contributed by atoms with E-state index in [-0.39, 0.29) is 4.90 Å². The van der Waals surface area contributed by atoms with Gasteiger partial charge in [-0.1, -0.05) is 17.7 Å². The molecule has 0 amide bonds. The molecule has 17 heavy (non-hydrogen) atoms. The molecule has 0 aromatic heterocycles. The van der Waals surface area contributed by atoms with Crippen LogP contribution in [-0.4, -0.2) is 31.5 Å². The van der Waals surface area contributed by atoms with Crippen molar-refractivity contribution in [3.8, 4) is 0 Å². The van der Waals surface area contributed by atoms with E-state index in [1.54, 1.807) is 19.1 Å². The third-order valence-electron chi connectivity index (χ3n) is 2.42. The van der Waals surface area contributed by atoms with Crippen molar-refractivity contribution in [3.05, 3.63) is 29.8 Å². The van der Waals surface area contributed by atoms with Crippen LogP contribution in [0.3, 0.4) is 0 Å². The molecule has 0 heterocycles. The Morgan fingerprint density at radius 2 is 1.76 bits per heavy atom. The Morgan fingerprint density at radius 3 is 2.18 bits per heavy atom. The van der Waals surface area contributed by atoms with Crippen LogP contribution in [0.2, 0.25) is 0 Å². The number of hydrogen-bond donors (Lipinski definition) is 1. The number of methoxy groups -OCH3 is 1. The molecule has 0 radical (unpaired) electrons. The van der Waals surface area contributed by atoms with E-state index in [0.717, 1.165) is 19.6 Å². The molecule has 0 saturated heterocycles. The zero-order valence-electron chi connectivity index (χ0n) is 9.80. The lowest BCUT2D eigenvalue weighted by Crippen LogP contribution is -2.44. The number of aliphatic hydroxyl groups is 1. The van der Waals surface area contributed by atoms with Gasteiger partial charge in [0.1, 0.15) is 0 Å². The molecule has 0 saturated carbocycles. The van der Waals surface area contributed by atoms with E-state index < -0.39 is 20.7 Å². The molecule has 1 N–H and O–H groups in total. The number of rotatable bonds is 3. The van der Waals surface area contributed by atoms with Gasteiger partial charge in [-0.25, -0.2) is 13.2 Å². The summed E-state index contributed by atoms with van der Waals surface area (Å²) in [4.78, 5) is 8.56. The lowest BCUT2D eigenvalue weighted by molar-refractivity contribution is -0.152. The van der Waals surface area contributed by atoms with Crippen molar-refractivity contribution in [3.63, 3.8) is 0 Å². The summed E-state index contributed by atoms with van der Waals surface area (Å²) < 4.78 is 28.3. The maximum absolute atomic E-state index is 12.0. The minimum atomic E-state index is -4.19. The number of esters is 1. The van der Waals surface area contributed by atoms with E-state index in [1.807, 2.05) is 0 Å². The molecule has 5 nitrogen and oxygen atoms in total. The van der Waals surface area contributed by atoms with Gasteiger partial charge in [0.15, 0.2) is 0 Å². The first-order chi connectivity index (χ1) is 7.73. The van der Waals surface area contributed by atoms with Crippen LogP contribution in [0.25, 0.3) is 0 Å². The van der Waals surface area contributed by atoms with E-state index in [9.17, 15) is 18.3 Å². The third-order valence-corrected chi connectivity index (χ3v) is 4.52. The van der Waals surface area contributed by atoms with E-state index >= 15 is 0 Å². The van der Waals surface area contributed by atoms with Gasteiger partial charge in [0.2, 0.25) is 9.84 Å². The largest absolute Gasteiger partial charge is 0.466 e. The van der Waals surface area contributed by atoms with Gasteiger partial charge in [0, 0.05) is 0 Å². The fourth-order valence-electron chi connectivity index (χ4n) is 1.25.